The van der Waals surface area contributed by atoms with Gasteiger partial charge in [-0.2, -0.15) is 0 Å². The number of ether oxygens (including phenoxy) is 6. The van der Waals surface area contributed by atoms with E-state index in [0.717, 1.165) is 11.6 Å². The van der Waals surface area contributed by atoms with Crippen molar-refractivity contribution in [1.82, 2.24) is 0 Å². The Morgan fingerprint density at radius 3 is 1.90 bits per heavy atom. The molecule has 12 N–H and O–H groups in total. The number of hydrogen-bond acceptors (Lipinski definition) is 20. The molecule has 3 aliphatic rings. The molecule has 0 radical (unpaired) electrons. The minimum Gasteiger partial charge on any atom is -0.508 e. The Balaban J connectivity index is 1.49. The van der Waals surface area contributed by atoms with Crippen LogP contribution in [0.1, 0.15) is 26.3 Å². The predicted octanol–water partition coefficient (Wildman–Crippen LogP) is -2.41. The Labute approximate surface area is 329 Å². The van der Waals surface area contributed by atoms with Crippen LogP contribution in [-0.2, 0) is 25.4 Å². The zero-order valence-corrected chi connectivity index (χ0v) is 31.4. The summed E-state index contributed by atoms with van der Waals surface area (Å²) in [5.74, 6) is -2.08. The van der Waals surface area contributed by atoms with E-state index in [0.29, 0.717) is 0 Å². The monoisotopic (exact) mass is 824 g/mol. The fourth-order valence-corrected chi connectivity index (χ4v) is 6.86. The summed E-state index contributed by atoms with van der Waals surface area (Å²) in [5, 5.41) is 125. The number of hydrogen-bond donors (Lipinski definition) is 12. The number of benzene rings is 2. The molecule has 3 aromatic rings. The zero-order valence-electron chi connectivity index (χ0n) is 31.4. The van der Waals surface area contributed by atoms with Crippen molar-refractivity contribution in [1.29, 1.82) is 0 Å². The van der Waals surface area contributed by atoms with Gasteiger partial charge in [-0.3, -0.25) is 4.79 Å². The molecule has 6 rings (SSSR count). The number of aliphatic hydroxyl groups excluding tert-OH is 10. The van der Waals surface area contributed by atoms with E-state index in [4.69, 9.17) is 32.8 Å². The van der Waals surface area contributed by atoms with Crippen LogP contribution in [0.25, 0.3) is 22.3 Å². The van der Waals surface area contributed by atoms with Gasteiger partial charge in [0.25, 0.3) is 0 Å². The molecular formula is C38H48O20. The van der Waals surface area contributed by atoms with Gasteiger partial charge in [-0.05, 0) is 51.5 Å². The molecule has 3 aliphatic heterocycles. The fraction of sp³-hybridized carbons (Fsp3) is 0.553. The summed E-state index contributed by atoms with van der Waals surface area (Å²) in [6, 6.07) is 6.28. The van der Waals surface area contributed by atoms with Crippen molar-refractivity contribution in [2.75, 3.05) is 13.2 Å². The van der Waals surface area contributed by atoms with Crippen LogP contribution in [0.2, 0.25) is 0 Å². The van der Waals surface area contributed by atoms with Crippen LogP contribution in [0.15, 0.2) is 51.2 Å². The lowest BCUT2D eigenvalue weighted by atomic mass is 9.97. The number of aromatic hydroxyl groups is 2. The highest BCUT2D eigenvalue weighted by Gasteiger charge is 2.51. The number of aliphatic hydroxyl groups is 10. The highest BCUT2D eigenvalue weighted by Crippen LogP contribution is 2.42. The third-order valence-electron chi connectivity index (χ3n) is 10.3. The second-order valence-electron chi connectivity index (χ2n) is 14.6. The molecular weight excluding hydrogens is 776 g/mol. The molecule has 0 aliphatic carbocycles. The summed E-state index contributed by atoms with van der Waals surface area (Å²) in [7, 11) is 0. The van der Waals surface area contributed by atoms with Gasteiger partial charge in [0, 0.05) is 17.2 Å². The first kappa shape index (κ1) is 43.6. The summed E-state index contributed by atoms with van der Waals surface area (Å²) < 4.78 is 41.1. The molecule has 20 heteroatoms. The lowest BCUT2D eigenvalue weighted by molar-refractivity contribution is -0.355. The van der Waals surface area contributed by atoms with E-state index in [2.05, 4.69) is 0 Å². The van der Waals surface area contributed by atoms with E-state index >= 15 is 0 Å². The topological polar surface area (TPSA) is 328 Å². The maximum atomic E-state index is 14.7. The molecule has 0 unspecified atom stereocenters. The standard InChI is InChI=1S/C38H48O20/c1-13(2)4-9-17-19(53-36-30(50)27(47)24(44)20(11-39)54-36)10-18(42)22-26(46)34(32(56-33(17)22)15-5-7-16(41)8-6-15)57-38-35(29(49)23(43)14(3)52-38)58-37-31(51)28(48)25(45)21(12-40)55-37/h4-8,10,14,20-21,23-25,27-31,35-45,47-51H,9,11-12H2,1-3H3/t14-,20+,21+,23+,24+,25+,27-,28-,29+,30+,31+,35+,36+,37-,38-/m0/s1. The van der Waals surface area contributed by atoms with Crippen LogP contribution in [0.5, 0.6) is 23.0 Å². The minimum absolute atomic E-state index is 0.0215. The smallest absolute Gasteiger partial charge is 0.239 e. The van der Waals surface area contributed by atoms with Crippen LogP contribution >= 0.6 is 0 Å². The molecule has 320 valence electrons. The maximum absolute atomic E-state index is 14.7. The number of fused-ring (bicyclic) bond motifs is 1. The van der Waals surface area contributed by atoms with E-state index in [9.17, 15) is 66.1 Å². The highest BCUT2D eigenvalue weighted by atomic mass is 16.8. The number of phenolic OH excluding ortho intramolecular Hbond substituents is 2. The Kier molecular flexibility index (Phi) is 13.3. The van der Waals surface area contributed by atoms with Gasteiger partial charge < -0.3 is 94.1 Å². The third-order valence-corrected chi connectivity index (χ3v) is 10.3. The van der Waals surface area contributed by atoms with Crippen molar-refractivity contribution in [3.05, 3.63) is 57.8 Å². The summed E-state index contributed by atoms with van der Waals surface area (Å²) in [6.45, 7) is 3.38. The van der Waals surface area contributed by atoms with E-state index in [-0.39, 0.29) is 40.4 Å². The number of rotatable bonds is 11. The SMILES string of the molecule is CC(C)=CCc1c(O[C@@H]2O[C@H](CO)[C@@H](O)[C@H](O)[C@H]2O)cc(O)c2c(=O)c(O[C@@H]3O[C@@H](C)[C@@H](O)[C@@H](O)[C@H]3O[C@@H]3O[C@H](CO)[C@@H](O)[C@H](O)[C@H]3O)c(-c3ccc(O)cc3)oc12. The predicted molar refractivity (Wildman–Crippen MR) is 194 cm³/mol. The molecule has 0 saturated carbocycles. The van der Waals surface area contributed by atoms with E-state index in [1.807, 2.05) is 0 Å². The average molecular weight is 825 g/mol. The molecule has 15 atom stereocenters. The van der Waals surface area contributed by atoms with Crippen LogP contribution in [0, 0.1) is 0 Å². The van der Waals surface area contributed by atoms with Crippen LogP contribution < -0.4 is 14.9 Å². The van der Waals surface area contributed by atoms with Crippen molar-refractivity contribution in [2.45, 2.75) is 119 Å². The van der Waals surface area contributed by atoms with E-state index < -0.39 is 128 Å². The Morgan fingerprint density at radius 1 is 0.724 bits per heavy atom. The highest BCUT2D eigenvalue weighted by molar-refractivity contribution is 5.91. The van der Waals surface area contributed by atoms with Crippen molar-refractivity contribution in [3.8, 4) is 34.3 Å². The first-order valence-electron chi connectivity index (χ1n) is 18.4. The van der Waals surface area contributed by atoms with Gasteiger partial charge in [0.2, 0.25) is 23.8 Å². The average Bonchev–Trinajstić information content (AvgIpc) is 3.19. The lowest BCUT2D eigenvalue weighted by Crippen LogP contribution is -2.64. The summed E-state index contributed by atoms with van der Waals surface area (Å²) in [6.07, 6.45) is -23.8. The summed E-state index contributed by atoms with van der Waals surface area (Å²) >= 11 is 0. The minimum atomic E-state index is -1.95. The normalized spacial score (nSPS) is 35.4. The van der Waals surface area contributed by atoms with Crippen LogP contribution in [-0.4, -0.2) is 167 Å². The zero-order chi connectivity index (χ0) is 42.3. The van der Waals surface area contributed by atoms with Gasteiger partial charge in [0.05, 0.1) is 19.3 Å². The van der Waals surface area contributed by atoms with Gasteiger partial charge in [-0.25, -0.2) is 0 Å². The fourth-order valence-electron chi connectivity index (χ4n) is 6.86. The molecule has 58 heavy (non-hydrogen) atoms. The Bertz CT molecular complexity index is 1980. The maximum Gasteiger partial charge on any atom is 0.239 e. The number of phenols is 2. The molecule has 0 spiro atoms. The molecule has 3 saturated heterocycles. The molecule has 3 fully saturated rings. The second kappa shape index (κ2) is 17.7. The largest absolute Gasteiger partial charge is 0.508 e. The second-order valence-corrected chi connectivity index (χ2v) is 14.6. The van der Waals surface area contributed by atoms with Crippen molar-refractivity contribution in [2.24, 2.45) is 0 Å². The lowest BCUT2D eigenvalue weighted by Gasteiger charge is -2.45. The number of allylic oxidation sites excluding steroid dienone is 2. The van der Waals surface area contributed by atoms with Crippen molar-refractivity contribution >= 4 is 11.0 Å². The molecule has 4 heterocycles. The van der Waals surface area contributed by atoms with Crippen LogP contribution in [0.4, 0.5) is 0 Å². The molecule has 20 nitrogen and oxygen atoms in total. The van der Waals surface area contributed by atoms with Crippen molar-refractivity contribution < 1.29 is 94.1 Å². The van der Waals surface area contributed by atoms with Gasteiger partial charge in [-0.15, -0.1) is 0 Å². The van der Waals surface area contributed by atoms with Gasteiger partial charge in [-0.1, -0.05) is 11.6 Å². The van der Waals surface area contributed by atoms with Crippen LogP contribution in [0.3, 0.4) is 0 Å². The summed E-state index contributed by atoms with van der Waals surface area (Å²) in [5.41, 5.74) is -0.255. The molecule has 0 bridgehead atoms. The van der Waals surface area contributed by atoms with Crippen molar-refractivity contribution in [3.63, 3.8) is 0 Å². The molecule has 1 aromatic heterocycles. The third kappa shape index (κ3) is 8.40. The van der Waals surface area contributed by atoms with Gasteiger partial charge in [0.15, 0.2) is 18.2 Å². The van der Waals surface area contributed by atoms with Gasteiger partial charge in [0.1, 0.15) is 89.3 Å². The molecule has 2 aromatic carbocycles. The van der Waals surface area contributed by atoms with Gasteiger partial charge >= 0.3 is 0 Å². The summed E-state index contributed by atoms with van der Waals surface area (Å²) in [4.78, 5) is 14.7. The van der Waals surface area contributed by atoms with E-state index in [1.54, 1.807) is 19.9 Å². The first-order valence-corrected chi connectivity index (χ1v) is 18.4. The first-order chi connectivity index (χ1) is 27.5. The molecule has 0 amide bonds. The Morgan fingerprint density at radius 2 is 1.31 bits per heavy atom. The Hall–Kier alpha value is -3.97. The quantitative estimate of drug-likeness (QED) is 0.0896. The van der Waals surface area contributed by atoms with E-state index in [1.165, 1.54) is 31.2 Å².